The van der Waals surface area contributed by atoms with Crippen molar-refractivity contribution in [1.82, 2.24) is 10.6 Å². The third-order valence-electron chi connectivity index (χ3n) is 3.62. The van der Waals surface area contributed by atoms with Crippen LogP contribution in [0.2, 0.25) is 0 Å². The number of benzene rings is 1. The van der Waals surface area contributed by atoms with Crippen molar-refractivity contribution in [2.45, 2.75) is 32.4 Å². The van der Waals surface area contributed by atoms with Gasteiger partial charge in [-0.3, -0.25) is 0 Å². The Labute approximate surface area is 132 Å². The van der Waals surface area contributed by atoms with E-state index < -0.39 is 6.09 Å². The number of carbonyl (C=O) groups is 1. The first kappa shape index (κ1) is 16.8. The molecule has 0 aromatic heterocycles. The molecule has 0 saturated heterocycles. The Bertz CT molecular complexity index is 435. The molecule has 1 aliphatic rings. The van der Waals surface area contributed by atoms with Crippen LogP contribution in [0, 0.1) is 5.92 Å². The standard InChI is InChI=1S/C17H26N2O3/c1-2-21-13-16(18-10-14-8-9-14)11-19-17(20)22-12-15-6-4-3-5-7-15/h3-7,14,16,18H,2,8-13H2,1H3,(H,19,20). The molecular weight excluding hydrogens is 280 g/mol. The predicted molar refractivity (Wildman–Crippen MR) is 85.6 cm³/mol. The molecule has 1 aliphatic carbocycles. The van der Waals surface area contributed by atoms with Crippen molar-refractivity contribution >= 4 is 6.09 Å². The number of hydrogen-bond acceptors (Lipinski definition) is 4. The molecule has 0 aliphatic heterocycles. The molecule has 1 fully saturated rings. The van der Waals surface area contributed by atoms with Gasteiger partial charge in [-0.2, -0.15) is 0 Å². The largest absolute Gasteiger partial charge is 0.445 e. The predicted octanol–water partition coefficient (Wildman–Crippen LogP) is 2.32. The van der Waals surface area contributed by atoms with Crippen LogP contribution in [0.1, 0.15) is 25.3 Å². The van der Waals surface area contributed by atoms with Crippen LogP contribution in [0.3, 0.4) is 0 Å². The maximum Gasteiger partial charge on any atom is 0.407 e. The number of amides is 1. The molecular formula is C17H26N2O3. The summed E-state index contributed by atoms with van der Waals surface area (Å²) in [5.74, 6) is 0.800. The van der Waals surface area contributed by atoms with Crippen LogP contribution in [0.4, 0.5) is 4.79 Å². The van der Waals surface area contributed by atoms with Crippen molar-refractivity contribution < 1.29 is 14.3 Å². The highest BCUT2D eigenvalue weighted by Gasteiger charge is 2.22. The number of hydrogen-bond donors (Lipinski definition) is 2. The fraction of sp³-hybridized carbons (Fsp3) is 0.588. The maximum absolute atomic E-state index is 11.7. The van der Waals surface area contributed by atoms with Gasteiger partial charge < -0.3 is 20.1 Å². The molecule has 122 valence electrons. The highest BCUT2D eigenvalue weighted by Crippen LogP contribution is 2.27. The minimum absolute atomic E-state index is 0.129. The van der Waals surface area contributed by atoms with Gasteiger partial charge in [0, 0.05) is 19.2 Å². The third kappa shape index (κ3) is 6.91. The van der Waals surface area contributed by atoms with E-state index in [1.165, 1.54) is 12.8 Å². The lowest BCUT2D eigenvalue weighted by Gasteiger charge is -2.19. The summed E-state index contributed by atoms with van der Waals surface area (Å²) in [6.07, 6.45) is 2.22. The van der Waals surface area contributed by atoms with Gasteiger partial charge in [-0.15, -0.1) is 0 Å². The molecule has 1 amide bonds. The fourth-order valence-corrected chi connectivity index (χ4v) is 2.09. The SMILES string of the molecule is CCOCC(CNC(=O)OCc1ccccc1)NCC1CC1. The Morgan fingerprint density at radius 3 is 2.77 bits per heavy atom. The van der Waals surface area contributed by atoms with E-state index in [0.717, 1.165) is 18.0 Å². The van der Waals surface area contributed by atoms with E-state index in [1.807, 2.05) is 37.3 Å². The van der Waals surface area contributed by atoms with E-state index in [9.17, 15) is 4.79 Å². The summed E-state index contributed by atoms with van der Waals surface area (Å²) >= 11 is 0. The van der Waals surface area contributed by atoms with E-state index in [1.54, 1.807) is 0 Å². The Balaban J connectivity index is 1.64. The molecule has 0 radical (unpaired) electrons. The molecule has 2 rings (SSSR count). The molecule has 1 unspecified atom stereocenters. The summed E-state index contributed by atoms with van der Waals surface area (Å²) < 4.78 is 10.7. The van der Waals surface area contributed by atoms with Crippen molar-refractivity contribution in [3.8, 4) is 0 Å². The second kappa shape index (κ2) is 9.43. The molecule has 5 heteroatoms. The molecule has 22 heavy (non-hydrogen) atoms. The summed E-state index contributed by atoms with van der Waals surface area (Å²) in [7, 11) is 0. The van der Waals surface area contributed by atoms with Gasteiger partial charge in [-0.25, -0.2) is 4.79 Å². The Hall–Kier alpha value is -1.59. The second-order valence-electron chi connectivity index (χ2n) is 5.65. The fourth-order valence-electron chi connectivity index (χ4n) is 2.09. The molecule has 1 aromatic rings. The van der Waals surface area contributed by atoms with Gasteiger partial charge >= 0.3 is 6.09 Å². The van der Waals surface area contributed by atoms with E-state index in [0.29, 0.717) is 19.8 Å². The molecule has 5 nitrogen and oxygen atoms in total. The number of carbonyl (C=O) groups excluding carboxylic acids is 1. The summed E-state index contributed by atoms with van der Waals surface area (Å²) in [4.78, 5) is 11.7. The van der Waals surface area contributed by atoms with Crippen molar-refractivity contribution in [2.24, 2.45) is 5.92 Å². The lowest BCUT2D eigenvalue weighted by atomic mass is 10.2. The van der Waals surface area contributed by atoms with Gasteiger partial charge in [-0.1, -0.05) is 30.3 Å². The van der Waals surface area contributed by atoms with Crippen molar-refractivity contribution in [3.63, 3.8) is 0 Å². The smallest absolute Gasteiger partial charge is 0.407 e. The third-order valence-corrected chi connectivity index (χ3v) is 3.62. The van der Waals surface area contributed by atoms with Gasteiger partial charge in [0.15, 0.2) is 0 Å². The highest BCUT2D eigenvalue weighted by molar-refractivity contribution is 5.67. The molecule has 0 spiro atoms. The van der Waals surface area contributed by atoms with Gasteiger partial charge in [0.2, 0.25) is 0 Å². The molecule has 1 saturated carbocycles. The number of nitrogens with one attached hydrogen (secondary N) is 2. The Morgan fingerprint density at radius 2 is 2.09 bits per heavy atom. The summed E-state index contributed by atoms with van der Waals surface area (Å²) in [5.41, 5.74) is 0.982. The number of rotatable bonds is 10. The monoisotopic (exact) mass is 306 g/mol. The van der Waals surface area contributed by atoms with Crippen LogP contribution in [-0.4, -0.2) is 38.4 Å². The van der Waals surface area contributed by atoms with Crippen LogP contribution in [0.15, 0.2) is 30.3 Å². The first-order valence-electron chi connectivity index (χ1n) is 8.03. The minimum Gasteiger partial charge on any atom is -0.445 e. The van der Waals surface area contributed by atoms with Gasteiger partial charge in [0.1, 0.15) is 6.61 Å². The molecule has 2 N–H and O–H groups in total. The quantitative estimate of drug-likeness (QED) is 0.696. The van der Waals surface area contributed by atoms with Crippen LogP contribution in [0.25, 0.3) is 0 Å². The zero-order valence-corrected chi connectivity index (χ0v) is 13.2. The lowest BCUT2D eigenvalue weighted by Crippen LogP contribution is -2.44. The normalized spacial score (nSPS) is 15.3. The van der Waals surface area contributed by atoms with Crippen LogP contribution in [0.5, 0.6) is 0 Å². The van der Waals surface area contributed by atoms with E-state index in [-0.39, 0.29) is 12.6 Å². The number of alkyl carbamates (subject to hydrolysis) is 1. The van der Waals surface area contributed by atoms with Gasteiger partial charge in [0.25, 0.3) is 0 Å². The Kier molecular flexibility index (Phi) is 7.19. The van der Waals surface area contributed by atoms with Crippen LogP contribution < -0.4 is 10.6 Å². The highest BCUT2D eigenvalue weighted by atomic mass is 16.5. The van der Waals surface area contributed by atoms with Crippen LogP contribution in [-0.2, 0) is 16.1 Å². The minimum atomic E-state index is -0.390. The first-order chi connectivity index (χ1) is 10.8. The van der Waals surface area contributed by atoms with Gasteiger partial charge in [0.05, 0.1) is 6.61 Å². The molecule has 1 aromatic carbocycles. The Morgan fingerprint density at radius 1 is 1.32 bits per heavy atom. The van der Waals surface area contributed by atoms with Gasteiger partial charge in [-0.05, 0) is 37.8 Å². The van der Waals surface area contributed by atoms with Crippen molar-refractivity contribution in [1.29, 1.82) is 0 Å². The number of ether oxygens (including phenoxy) is 2. The maximum atomic E-state index is 11.7. The van der Waals surface area contributed by atoms with Crippen molar-refractivity contribution in [3.05, 3.63) is 35.9 Å². The summed E-state index contributed by atoms with van der Waals surface area (Å²) in [6.45, 7) is 5.05. The lowest BCUT2D eigenvalue weighted by molar-refractivity contribution is 0.115. The first-order valence-corrected chi connectivity index (χ1v) is 8.03. The van der Waals surface area contributed by atoms with E-state index >= 15 is 0 Å². The second-order valence-corrected chi connectivity index (χ2v) is 5.65. The average molecular weight is 306 g/mol. The van der Waals surface area contributed by atoms with Crippen molar-refractivity contribution in [2.75, 3.05) is 26.3 Å². The summed E-state index contributed by atoms with van der Waals surface area (Å²) in [6, 6.07) is 9.79. The zero-order valence-electron chi connectivity index (χ0n) is 13.2. The van der Waals surface area contributed by atoms with E-state index in [4.69, 9.17) is 9.47 Å². The zero-order chi connectivity index (χ0) is 15.6. The topological polar surface area (TPSA) is 59.6 Å². The molecule has 1 atom stereocenters. The molecule has 0 bridgehead atoms. The molecule has 0 heterocycles. The average Bonchev–Trinajstić information content (AvgIpc) is 3.37. The van der Waals surface area contributed by atoms with Crippen LogP contribution >= 0.6 is 0 Å². The summed E-state index contributed by atoms with van der Waals surface area (Å²) in [5, 5.41) is 6.25. The van der Waals surface area contributed by atoms with E-state index in [2.05, 4.69) is 10.6 Å².